The number of methoxy groups -OCH3 is 1. The third-order valence-corrected chi connectivity index (χ3v) is 2.17. The molecule has 0 saturated carbocycles. The van der Waals surface area contributed by atoms with Crippen LogP contribution in [-0.4, -0.2) is 55.5 Å². The lowest BCUT2D eigenvalue weighted by atomic mass is 10.2. The number of esters is 1. The molecule has 1 fully saturated rings. The molecule has 1 rings (SSSR count). The van der Waals surface area contributed by atoms with Gasteiger partial charge in [-0.25, -0.2) is 9.59 Å². The summed E-state index contributed by atoms with van der Waals surface area (Å²) < 4.78 is 15.1. The molecule has 0 aromatic heterocycles. The van der Waals surface area contributed by atoms with Gasteiger partial charge in [0.2, 0.25) is 0 Å². The molecule has 0 N–H and O–H groups in total. The number of hydrogen-bond acceptors (Lipinski definition) is 5. The average molecular weight is 245 g/mol. The molecule has 0 radical (unpaired) electrons. The largest absolute Gasteiger partial charge is 0.458 e. The molecule has 98 valence electrons. The van der Waals surface area contributed by atoms with Crippen molar-refractivity contribution in [1.29, 1.82) is 0 Å². The van der Waals surface area contributed by atoms with E-state index in [0.29, 0.717) is 13.2 Å². The molecule has 0 aromatic rings. The number of rotatable bonds is 1. The Morgan fingerprint density at radius 1 is 1.35 bits per heavy atom. The Kier molecular flexibility index (Phi) is 4.34. The van der Waals surface area contributed by atoms with Gasteiger partial charge in [-0.3, -0.25) is 0 Å². The second kappa shape index (κ2) is 5.35. The first kappa shape index (κ1) is 13.8. The molecule has 1 saturated heterocycles. The van der Waals surface area contributed by atoms with Crippen molar-refractivity contribution in [3.05, 3.63) is 0 Å². The molecule has 6 heteroatoms. The quantitative estimate of drug-likeness (QED) is 0.639. The lowest BCUT2D eigenvalue weighted by molar-refractivity contribution is -0.172. The first-order chi connectivity index (χ1) is 7.83. The minimum Gasteiger partial charge on any atom is -0.458 e. The Hall–Kier alpha value is -1.30. The fraction of sp³-hybridized carbons (Fsp3) is 0.818. The van der Waals surface area contributed by atoms with Crippen molar-refractivity contribution in [2.24, 2.45) is 0 Å². The van der Waals surface area contributed by atoms with Crippen LogP contribution in [0.5, 0.6) is 0 Å². The fourth-order valence-corrected chi connectivity index (χ4v) is 1.45. The molecule has 1 heterocycles. The van der Waals surface area contributed by atoms with Gasteiger partial charge >= 0.3 is 12.1 Å². The second-order valence-corrected chi connectivity index (χ2v) is 4.81. The first-order valence-corrected chi connectivity index (χ1v) is 5.51. The van der Waals surface area contributed by atoms with E-state index in [4.69, 9.17) is 9.47 Å². The van der Waals surface area contributed by atoms with Crippen LogP contribution >= 0.6 is 0 Å². The minimum absolute atomic E-state index is 0.168. The number of ether oxygens (including phenoxy) is 3. The molecule has 0 unspecified atom stereocenters. The summed E-state index contributed by atoms with van der Waals surface area (Å²) in [5.41, 5.74) is -0.562. The van der Waals surface area contributed by atoms with Crippen molar-refractivity contribution in [3.63, 3.8) is 0 Å². The molecular weight excluding hydrogens is 226 g/mol. The van der Waals surface area contributed by atoms with Crippen LogP contribution in [-0.2, 0) is 19.0 Å². The minimum atomic E-state index is -0.734. The summed E-state index contributed by atoms with van der Waals surface area (Å²) in [6.07, 6.45) is -1.19. The van der Waals surface area contributed by atoms with E-state index >= 15 is 0 Å². The van der Waals surface area contributed by atoms with E-state index in [-0.39, 0.29) is 6.54 Å². The summed E-state index contributed by atoms with van der Waals surface area (Å²) in [4.78, 5) is 24.5. The van der Waals surface area contributed by atoms with Gasteiger partial charge in [-0.15, -0.1) is 0 Å². The Balaban J connectivity index is 2.55. The van der Waals surface area contributed by atoms with Crippen LogP contribution in [0, 0.1) is 0 Å². The van der Waals surface area contributed by atoms with Crippen LogP contribution < -0.4 is 0 Å². The molecule has 17 heavy (non-hydrogen) atoms. The maximum absolute atomic E-state index is 11.7. The van der Waals surface area contributed by atoms with E-state index < -0.39 is 23.8 Å². The van der Waals surface area contributed by atoms with Crippen LogP contribution in [0.25, 0.3) is 0 Å². The number of hydrogen-bond donors (Lipinski definition) is 0. The zero-order chi connectivity index (χ0) is 13.1. The summed E-state index contributed by atoms with van der Waals surface area (Å²) in [5.74, 6) is -0.453. The third kappa shape index (κ3) is 4.22. The summed E-state index contributed by atoms with van der Waals surface area (Å²) in [6, 6.07) is 0. The van der Waals surface area contributed by atoms with Gasteiger partial charge in [0.1, 0.15) is 5.60 Å². The molecule has 0 spiro atoms. The fourth-order valence-electron chi connectivity index (χ4n) is 1.45. The predicted octanol–water partition coefficient (Wildman–Crippen LogP) is 0.795. The van der Waals surface area contributed by atoms with E-state index in [1.165, 1.54) is 12.0 Å². The summed E-state index contributed by atoms with van der Waals surface area (Å²) in [7, 11) is 1.31. The summed E-state index contributed by atoms with van der Waals surface area (Å²) >= 11 is 0. The summed E-state index contributed by atoms with van der Waals surface area (Å²) in [6.45, 7) is 6.25. The van der Waals surface area contributed by atoms with Crippen molar-refractivity contribution >= 4 is 12.1 Å². The number of morpholine rings is 1. The van der Waals surface area contributed by atoms with Crippen molar-refractivity contribution < 1.29 is 23.8 Å². The van der Waals surface area contributed by atoms with Gasteiger partial charge in [0.25, 0.3) is 0 Å². The SMILES string of the molecule is COC(=O)N1CCO[C@@H](C(=O)OC(C)(C)C)C1. The summed E-state index contributed by atoms with van der Waals surface area (Å²) in [5, 5.41) is 0. The molecule has 0 aliphatic carbocycles. The van der Waals surface area contributed by atoms with Gasteiger partial charge in [-0.1, -0.05) is 0 Å². The van der Waals surface area contributed by atoms with E-state index in [2.05, 4.69) is 4.74 Å². The normalized spacial score (nSPS) is 20.9. The van der Waals surface area contributed by atoms with E-state index in [1.807, 2.05) is 0 Å². The molecule has 1 aliphatic rings. The highest BCUT2D eigenvalue weighted by molar-refractivity contribution is 5.77. The highest BCUT2D eigenvalue weighted by Gasteiger charge is 2.32. The molecular formula is C11H19NO5. The number of nitrogens with zero attached hydrogens (tertiary/aromatic N) is 1. The van der Waals surface area contributed by atoms with Crippen LogP contribution in [0.1, 0.15) is 20.8 Å². The molecule has 1 atom stereocenters. The van der Waals surface area contributed by atoms with Gasteiger partial charge in [-0.05, 0) is 20.8 Å². The van der Waals surface area contributed by atoms with Gasteiger partial charge < -0.3 is 19.1 Å². The standard InChI is InChI=1S/C11H19NO5/c1-11(2,3)17-9(13)8-7-12(5-6-16-8)10(14)15-4/h8H,5-7H2,1-4H3/t8-/m1/s1. The smallest absolute Gasteiger partial charge is 0.409 e. The highest BCUT2D eigenvalue weighted by atomic mass is 16.6. The van der Waals surface area contributed by atoms with Crippen molar-refractivity contribution in [3.8, 4) is 0 Å². The van der Waals surface area contributed by atoms with E-state index in [0.717, 1.165) is 0 Å². The van der Waals surface area contributed by atoms with Crippen LogP contribution in [0.4, 0.5) is 4.79 Å². The van der Waals surface area contributed by atoms with Crippen molar-refractivity contribution in [2.75, 3.05) is 26.8 Å². The molecule has 6 nitrogen and oxygen atoms in total. The molecule has 0 aromatic carbocycles. The number of carbonyl (C=O) groups excluding carboxylic acids is 2. The maximum atomic E-state index is 11.7. The first-order valence-electron chi connectivity index (χ1n) is 5.51. The molecule has 1 amide bonds. The van der Waals surface area contributed by atoms with Crippen LogP contribution in [0.15, 0.2) is 0 Å². The average Bonchev–Trinajstić information content (AvgIpc) is 2.26. The maximum Gasteiger partial charge on any atom is 0.409 e. The Labute approximate surface area is 101 Å². The predicted molar refractivity (Wildman–Crippen MR) is 59.6 cm³/mol. The van der Waals surface area contributed by atoms with Crippen molar-refractivity contribution in [1.82, 2.24) is 4.90 Å². The van der Waals surface area contributed by atoms with E-state index in [1.54, 1.807) is 20.8 Å². The van der Waals surface area contributed by atoms with Crippen molar-refractivity contribution in [2.45, 2.75) is 32.5 Å². The highest BCUT2D eigenvalue weighted by Crippen LogP contribution is 2.13. The van der Waals surface area contributed by atoms with Gasteiger partial charge in [0.05, 0.1) is 20.3 Å². The van der Waals surface area contributed by atoms with Crippen LogP contribution in [0.3, 0.4) is 0 Å². The molecule has 1 aliphatic heterocycles. The number of carbonyl (C=O) groups is 2. The Morgan fingerprint density at radius 3 is 2.53 bits per heavy atom. The lowest BCUT2D eigenvalue weighted by Gasteiger charge is -2.32. The Bertz CT molecular complexity index is 297. The Morgan fingerprint density at radius 2 is 2.00 bits per heavy atom. The van der Waals surface area contributed by atoms with Gasteiger partial charge in [0.15, 0.2) is 6.10 Å². The zero-order valence-corrected chi connectivity index (χ0v) is 10.7. The van der Waals surface area contributed by atoms with Gasteiger partial charge in [0, 0.05) is 6.54 Å². The zero-order valence-electron chi connectivity index (χ0n) is 10.7. The number of amides is 1. The monoisotopic (exact) mass is 245 g/mol. The third-order valence-electron chi connectivity index (χ3n) is 2.17. The van der Waals surface area contributed by atoms with Gasteiger partial charge in [-0.2, -0.15) is 0 Å². The second-order valence-electron chi connectivity index (χ2n) is 4.81. The molecule has 0 bridgehead atoms. The topological polar surface area (TPSA) is 65.1 Å². The lowest BCUT2D eigenvalue weighted by Crippen LogP contribution is -2.50. The van der Waals surface area contributed by atoms with E-state index in [9.17, 15) is 9.59 Å². The van der Waals surface area contributed by atoms with Crippen LogP contribution in [0.2, 0.25) is 0 Å².